The minimum Gasteiger partial charge on any atom is -0.315 e. The average molecular weight is 332 g/mol. The van der Waals surface area contributed by atoms with Crippen LogP contribution in [0.15, 0.2) is 18.2 Å². The zero-order chi connectivity index (χ0) is 16.2. The summed E-state index contributed by atoms with van der Waals surface area (Å²) in [5, 5.41) is 3.14. The van der Waals surface area contributed by atoms with E-state index in [1.54, 1.807) is 0 Å². The smallest absolute Gasteiger partial charge is 0.211 e. The van der Waals surface area contributed by atoms with E-state index in [0.29, 0.717) is 24.9 Å². The number of hydrogen-bond acceptors (Lipinski definition) is 3. The molecule has 1 aliphatic heterocycles. The fourth-order valence-electron chi connectivity index (χ4n) is 2.75. The maximum Gasteiger partial charge on any atom is 0.211 e. The maximum atomic E-state index is 13.4. The average Bonchev–Trinajstić information content (AvgIpc) is 2.48. The Hall–Kier alpha value is -1.05. The van der Waals surface area contributed by atoms with Crippen LogP contribution in [0, 0.1) is 11.6 Å². The van der Waals surface area contributed by atoms with Crippen LogP contribution in [-0.4, -0.2) is 33.3 Å². The van der Waals surface area contributed by atoms with Crippen LogP contribution in [0.1, 0.15) is 37.7 Å². The van der Waals surface area contributed by atoms with Crippen LogP contribution in [0.5, 0.6) is 0 Å². The summed E-state index contributed by atoms with van der Waals surface area (Å²) in [4.78, 5) is 0. The first kappa shape index (κ1) is 17.3. The highest BCUT2D eigenvalue weighted by Crippen LogP contribution is 2.27. The lowest BCUT2D eigenvalue weighted by atomic mass is 9.86. The van der Waals surface area contributed by atoms with Gasteiger partial charge >= 0.3 is 0 Å². The van der Waals surface area contributed by atoms with Crippen LogP contribution in [0.3, 0.4) is 0 Å². The number of sulfonamides is 1. The number of hydrogen-bond donors (Lipinski definition) is 2. The Balaban J connectivity index is 2.16. The summed E-state index contributed by atoms with van der Waals surface area (Å²) in [5.41, 5.74) is 0.628. The molecule has 2 rings (SSSR count). The van der Waals surface area contributed by atoms with Gasteiger partial charge in [-0.1, -0.05) is 19.4 Å². The molecule has 1 aromatic carbocycles. The second kappa shape index (κ2) is 7.48. The summed E-state index contributed by atoms with van der Waals surface area (Å²) in [6, 6.07) is 3.44. The van der Waals surface area contributed by atoms with E-state index in [1.807, 2.05) is 6.92 Å². The van der Waals surface area contributed by atoms with Crippen molar-refractivity contribution >= 4 is 10.0 Å². The zero-order valence-electron chi connectivity index (χ0n) is 12.6. The normalized spacial score (nSPS) is 22.7. The van der Waals surface area contributed by atoms with Crippen LogP contribution < -0.4 is 10.0 Å². The molecule has 0 spiro atoms. The molecule has 0 aromatic heterocycles. The number of rotatable bonds is 6. The van der Waals surface area contributed by atoms with Gasteiger partial charge in [-0.25, -0.2) is 21.9 Å². The van der Waals surface area contributed by atoms with Crippen LogP contribution in [0.25, 0.3) is 0 Å². The molecule has 0 saturated carbocycles. The molecule has 1 aliphatic rings. The van der Waals surface area contributed by atoms with E-state index in [4.69, 9.17) is 0 Å². The fraction of sp³-hybridized carbons (Fsp3) is 0.600. The second-order valence-electron chi connectivity index (χ2n) is 5.67. The molecule has 2 N–H and O–H groups in total. The summed E-state index contributed by atoms with van der Waals surface area (Å²) in [6.07, 6.45) is 2.08. The van der Waals surface area contributed by atoms with E-state index >= 15 is 0 Å². The van der Waals surface area contributed by atoms with Gasteiger partial charge in [0.15, 0.2) is 11.6 Å². The summed E-state index contributed by atoms with van der Waals surface area (Å²) < 4.78 is 53.4. The van der Waals surface area contributed by atoms with Crippen molar-refractivity contribution in [3.8, 4) is 0 Å². The van der Waals surface area contributed by atoms with Crippen LogP contribution in [-0.2, 0) is 10.0 Å². The van der Waals surface area contributed by atoms with Crippen LogP contribution in [0.2, 0.25) is 0 Å². The third kappa shape index (κ3) is 4.47. The van der Waals surface area contributed by atoms with Crippen molar-refractivity contribution in [2.45, 2.75) is 38.1 Å². The van der Waals surface area contributed by atoms with E-state index in [0.717, 1.165) is 19.0 Å². The van der Waals surface area contributed by atoms with Crippen molar-refractivity contribution in [3.05, 3.63) is 35.4 Å². The summed E-state index contributed by atoms with van der Waals surface area (Å²) >= 11 is 0. The van der Waals surface area contributed by atoms with Crippen molar-refractivity contribution in [1.82, 2.24) is 10.0 Å². The summed E-state index contributed by atoms with van der Waals surface area (Å²) in [7, 11) is -3.36. The van der Waals surface area contributed by atoms with Gasteiger partial charge in [0.25, 0.3) is 0 Å². The molecule has 0 bridgehead atoms. The lowest BCUT2D eigenvalue weighted by Gasteiger charge is -2.33. The lowest BCUT2D eigenvalue weighted by molar-refractivity contribution is 0.376. The van der Waals surface area contributed by atoms with Gasteiger partial charge in [0, 0.05) is 18.5 Å². The van der Waals surface area contributed by atoms with E-state index in [9.17, 15) is 17.2 Å². The summed E-state index contributed by atoms with van der Waals surface area (Å²) in [5.74, 6) is -1.86. The van der Waals surface area contributed by atoms with Crippen molar-refractivity contribution in [1.29, 1.82) is 0 Å². The zero-order valence-corrected chi connectivity index (χ0v) is 13.4. The standard InChI is InChI=1S/C15H22F2N2O2S/c1-2-3-8-22(20,21)19-15-10-18-7-6-12(15)11-4-5-13(16)14(17)9-11/h4-5,9,12,15,18-19H,2-3,6-8,10H2,1H3. The number of piperidine rings is 1. The maximum absolute atomic E-state index is 13.4. The molecule has 2 unspecified atom stereocenters. The molecule has 1 heterocycles. The second-order valence-corrected chi connectivity index (χ2v) is 7.54. The Morgan fingerprint density at radius 2 is 2.09 bits per heavy atom. The largest absolute Gasteiger partial charge is 0.315 e. The third-order valence-electron chi connectivity index (χ3n) is 3.95. The topological polar surface area (TPSA) is 58.2 Å². The Kier molecular flexibility index (Phi) is 5.88. The number of benzene rings is 1. The van der Waals surface area contributed by atoms with Gasteiger partial charge in [-0.05, 0) is 37.1 Å². The van der Waals surface area contributed by atoms with Crippen LogP contribution >= 0.6 is 0 Å². The van der Waals surface area contributed by atoms with Gasteiger partial charge in [0.05, 0.1) is 5.75 Å². The molecule has 0 amide bonds. The first-order chi connectivity index (χ1) is 10.4. The van der Waals surface area contributed by atoms with Gasteiger partial charge in [-0.2, -0.15) is 0 Å². The Labute approximate surface area is 130 Å². The minimum absolute atomic E-state index is 0.0878. The number of nitrogens with one attached hydrogen (secondary N) is 2. The minimum atomic E-state index is -3.36. The van der Waals surface area contributed by atoms with E-state index < -0.39 is 21.7 Å². The highest BCUT2D eigenvalue weighted by molar-refractivity contribution is 7.89. The molecule has 4 nitrogen and oxygen atoms in total. The quantitative estimate of drug-likeness (QED) is 0.839. The monoisotopic (exact) mass is 332 g/mol. The van der Waals surface area contributed by atoms with Crippen molar-refractivity contribution in [2.75, 3.05) is 18.8 Å². The first-order valence-corrected chi connectivity index (χ1v) is 9.24. The highest BCUT2D eigenvalue weighted by atomic mass is 32.2. The highest BCUT2D eigenvalue weighted by Gasteiger charge is 2.30. The predicted molar refractivity (Wildman–Crippen MR) is 82.2 cm³/mol. The molecule has 1 saturated heterocycles. The molecule has 124 valence electrons. The van der Waals surface area contributed by atoms with Crippen molar-refractivity contribution in [2.24, 2.45) is 0 Å². The Morgan fingerprint density at radius 3 is 2.77 bits per heavy atom. The molecule has 2 atom stereocenters. The van der Waals surface area contributed by atoms with Crippen molar-refractivity contribution in [3.63, 3.8) is 0 Å². The van der Waals surface area contributed by atoms with Crippen molar-refractivity contribution < 1.29 is 17.2 Å². The Morgan fingerprint density at radius 1 is 1.32 bits per heavy atom. The van der Waals surface area contributed by atoms with Gasteiger partial charge in [0.2, 0.25) is 10.0 Å². The third-order valence-corrected chi connectivity index (χ3v) is 5.44. The number of unbranched alkanes of at least 4 members (excludes halogenated alkanes) is 1. The number of halogens is 2. The SMILES string of the molecule is CCCCS(=O)(=O)NC1CNCCC1c1ccc(F)c(F)c1. The van der Waals surface area contributed by atoms with Gasteiger partial charge in [-0.15, -0.1) is 0 Å². The molecular weight excluding hydrogens is 310 g/mol. The molecule has 7 heteroatoms. The molecular formula is C15H22F2N2O2S. The van der Waals surface area contributed by atoms with E-state index in [2.05, 4.69) is 10.0 Å². The van der Waals surface area contributed by atoms with Gasteiger partial charge < -0.3 is 5.32 Å². The molecule has 0 aliphatic carbocycles. The van der Waals surface area contributed by atoms with Gasteiger partial charge in [0.1, 0.15) is 0 Å². The van der Waals surface area contributed by atoms with E-state index in [-0.39, 0.29) is 17.7 Å². The molecule has 1 fully saturated rings. The molecule has 0 radical (unpaired) electrons. The molecule has 1 aromatic rings. The van der Waals surface area contributed by atoms with Gasteiger partial charge in [-0.3, -0.25) is 0 Å². The lowest BCUT2D eigenvalue weighted by Crippen LogP contribution is -2.50. The molecule has 22 heavy (non-hydrogen) atoms. The summed E-state index contributed by atoms with van der Waals surface area (Å²) in [6.45, 7) is 3.13. The predicted octanol–water partition coefficient (Wildman–Crippen LogP) is 2.13. The van der Waals surface area contributed by atoms with E-state index in [1.165, 1.54) is 12.1 Å². The fourth-order valence-corrected chi connectivity index (χ4v) is 4.24. The van der Waals surface area contributed by atoms with Crippen LogP contribution in [0.4, 0.5) is 8.78 Å². The first-order valence-electron chi connectivity index (χ1n) is 7.58. The Bertz CT molecular complexity index is 608.